The van der Waals surface area contributed by atoms with Crippen LogP contribution in [0.4, 0.5) is 5.69 Å². The van der Waals surface area contributed by atoms with Crippen molar-refractivity contribution in [3.63, 3.8) is 0 Å². The van der Waals surface area contributed by atoms with Gasteiger partial charge in [-0.05, 0) is 48.7 Å². The number of carbonyl (C=O) groups excluding carboxylic acids is 3. The van der Waals surface area contributed by atoms with E-state index in [9.17, 15) is 19.5 Å². The number of benzene rings is 1. The monoisotopic (exact) mass is 433 g/mol. The zero-order chi connectivity index (χ0) is 22.8. The van der Waals surface area contributed by atoms with Crippen molar-refractivity contribution < 1.29 is 24.2 Å². The number of aromatic nitrogens is 1. The Morgan fingerprint density at radius 2 is 2.09 bits per heavy atom. The van der Waals surface area contributed by atoms with Gasteiger partial charge in [-0.1, -0.05) is 24.8 Å². The molecule has 0 radical (unpaired) electrons. The number of nitrogens with zero attached hydrogens (tertiary/aromatic N) is 2. The summed E-state index contributed by atoms with van der Waals surface area (Å²) < 4.78 is 5.21. The zero-order valence-corrected chi connectivity index (χ0v) is 17.5. The van der Waals surface area contributed by atoms with E-state index in [-0.39, 0.29) is 30.2 Å². The predicted octanol–water partition coefficient (Wildman–Crippen LogP) is 2.39. The third-order valence-corrected chi connectivity index (χ3v) is 5.67. The first-order chi connectivity index (χ1) is 15.4. The summed E-state index contributed by atoms with van der Waals surface area (Å²) in [6.07, 6.45) is 4.16. The second kappa shape index (κ2) is 8.76. The van der Waals surface area contributed by atoms with E-state index in [1.807, 2.05) is 0 Å². The molecule has 2 aliphatic heterocycles. The maximum Gasteiger partial charge on any atom is 0.355 e. The van der Waals surface area contributed by atoms with Gasteiger partial charge in [0, 0.05) is 18.1 Å². The number of hydrogen-bond donors (Lipinski definition) is 2. The number of rotatable bonds is 7. The Labute approximate surface area is 185 Å². The molecular formula is C24H23N3O5. The van der Waals surface area contributed by atoms with Gasteiger partial charge in [0.05, 0.1) is 23.6 Å². The van der Waals surface area contributed by atoms with Gasteiger partial charge >= 0.3 is 5.97 Å². The van der Waals surface area contributed by atoms with Crippen LogP contribution in [0.25, 0.3) is 5.57 Å². The molecule has 0 spiro atoms. The number of amides is 2. The maximum absolute atomic E-state index is 12.7. The van der Waals surface area contributed by atoms with Crippen molar-refractivity contribution in [3.8, 4) is 0 Å². The number of ether oxygens (including phenoxy) is 1. The van der Waals surface area contributed by atoms with E-state index in [0.717, 1.165) is 5.56 Å². The lowest BCUT2D eigenvalue weighted by Gasteiger charge is -2.44. The lowest BCUT2D eigenvalue weighted by Crippen LogP contribution is -2.61. The fraction of sp³-hybridized carbons (Fsp3) is 0.250. The molecule has 1 aromatic carbocycles. The van der Waals surface area contributed by atoms with Crippen LogP contribution in [-0.4, -0.2) is 51.5 Å². The zero-order valence-electron chi connectivity index (χ0n) is 17.5. The molecule has 1 aromatic heterocycles. The first kappa shape index (κ1) is 21.5. The Balaban J connectivity index is 1.59. The fourth-order valence-electron chi connectivity index (χ4n) is 4.17. The van der Waals surface area contributed by atoms with Crippen LogP contribution in [0.3, 0.4) is 0 Å². The van der Waals surface area contributed by atoms with Crippen LogP contribution < -0.4 is 5.32 Å². The number of nitrogens with one attached hydrogen (secondary N) is 1. The van der Waals surface area contributed by atoms with E-state index in [1.54, 1.807) is 49.5 Å². The molecule has 164 valence electrons. The molecule has 2 N–H and O–H groups in total. The van der Waals surface area contributed by atoms with Crippen molar-refractivity contribution in [2.24, 2.45) is 5.92 Å². The third kappa shape index (κ3) is 3.80. The number of pyridine rings is 1. The van der Waals surface area contributed by atoms with Crippen LogP contribution in [0.15, 0.2) is 67.1 Å². The Kier molecular flexibility index (Phi) is 5.87. The molecule has 0 aliphatic carbocycles. The molecule has 0 saturated carbocycles. The normalized spacial score (nSPS) is 20.3. The molecule has 2 amide bonds. The molecule has 0 bridgehead atoms. The van der Waals surface area contributed by atoms with Gasteiger partial charge in [-0.2, -0.15) is 0 Å². The topological polar surface area (TPSA) is 109 Å². The van der Waals surface area contributed by atoms with Gasteiger partial charge in [-0.15, -0.1) is 0 Å². The average molecular weight is 433 g/mol. The fourth-order valence-corrected chi connectivity index (χ4v) is 4.17. The van der Waals surface area contributed by atoms with Crippen LogP contribution in [0.2, 0.25) is 0 Å². The van der Waals surface area contributed by atoms with Crippen LogP contribution in [0.5, 0.6) is 0 Å². The number of aliphatic hydroxyl groups is 1. The van der Waals surface area contributed by atoms with E-state index in [0.29, 0.717) is 23.2 Å². The molecule has 3 heterocycles. The summed E-state index contributed by atoms with van der Waals surface area (Å²) in [6.45, 7) is 5.15. The lowest BCUT2D eigenvalue weighted by molar-refractivity contribution is -0.162. The second-order valence-electron chi connectivity index (χ2n) is 7.73. The van der Waals surface area contributed by atoms with Gasteiger partial charge in [0.1, 0.15) is 12.3 Å². The Bertz CT molecular complexity index is 1090. The molecule has 1 saturated heterocycles. The number of aliphatic hydroxyl groups excluding tert-OH is 1. The summed E-state index contributed by atoms with van der Waals surface area (Å²) in [4.78, 5) is 43.0. The smallest absolute Gasteiger partial charge is 0.355 e. The molecule has 0 unspecified atom stereocenters. The van der Waals surface area contributed by atoms with Crippen LogP contribution in [0, 0.1) is 5.92 Å². The van der Waals surface area contributed by atoms with E-state index in [2.05, 4.69) is 16.9 Å². The van der Waals surface area contributed by atoms with Crippen molar-refractivity contribution in [2.75, 3.05) is 11.9 Å². The number of hydrogen-bond acceptors (Lipinski definition) is 6. The molecule has 4 rings (SSSR count). The quantitative estimate of drug-likeness (QED) is 0.394. The maximum atomic E-state index is 12.7. The summed E-state index contributed by atoms with van der Waals surface area (Å²) in [7, 11) is 0. The molecule has 2 aliphatic rings. The van der Waals surface area contributed by atoms with Crippen molar-refractivity contribution in [3.05, 3.63) is 78.3 Å². The summed E-state index contributed by atoms with van der Waals surface area (Å²) in [5.74, 6) is -1.72. The third-order valence-electron chi connectivity index (χ3n) is 5.67. The van der Waals surface area contributed by atoms with Gasteiger partial charge < -0.3 is 20.1 Å². The van der Waals surface area contributed by atoms with Crippen LogP contribution in [-0.2, 0) is 14.3 Å². The molecule has 2 aromatic rings. The largest absolute Gasteiger partial charge is 0.457 e. The first-order valence-corrected chi connectivity index (χ1v) is 10.3. The van der Waals surface area contributed by atoms with E-state index < -0.39 is 18.0 Å². The number of β-lactam (4-membered cyclic amide) rings is 1. The highest BCUT2D eigenvalue weighted by Crippen LogP contribution is 2.47. The molecule has 32 heavy (non-hydrogen) atoms. The molecule has 3 atom stereocenters. The average Bonchev–Trinajstić information content (AvgIpc) is 3.13. The van der Waals surface area contributed by atoms with Gasteiger partial charge in [0.2, 0.25) is 5.91 Å². The van der Waals surface area contributed by atoms with E-state index in [4.69, 9.17) is 4.74 Å². The predicted molar refractivity (Wildman–Crippen MR) is 117 cm³/mol. The SMILES string of the molecule is C=CCOC(=O)C1=C(c2ccc(NC(=O)c3cccnc3)cc2)C[C@@H]2[C@@H]([C@@H](C)O)C(=O)N12. The first-order valence-electron chi connectivity index (χ1n) is 10.3. The Hall–Kier alpha value is -3.78. The lowest BCUT2D eigenvalue weighted by atomic mass is 9.82. The summed E-state index contributed by atoms with van der Waals surface area (Å²) in [6, 6.07) is 10.1. The van der Waals surface area contributed by atoms with Gasteiger partial charge in [0.25, 0.3) is 5.91 Å². The molecule has 8 heteroatoms. The highest BCUT2D eigenvalue weighted by Gasteiger charge is 2.57. The van der Waals surface area contributed by atoms with Crippen molar-refractivity contribution in [1.82, 2.24) is 9.88 Å². The summed E-state index contributed by atoms with van der Waals surface area (Å²) in [5.41, 5.74) is 2.63. The van der Waals surface area contributed by atoms with Crippen molar-refractivity contribution in [1.29, 1.82) is 0 Å². The summed E-state index contributed by atoms with van der Waals surface area (Å²) >= 11 is 0. The minimum absolute atomic E-state index is 0.0292. The molecule has 1 fully saturated rings. The molecular weight excluding hydrogens is 410 g/mol. The van der Waals surface area contributed by atoms with Crippen LogP contribution >= 0.6 is 0 Å². The highest BCUT2D eigenvalue weighted by atomic mass is 16.5. The Morgan fingerprint density at radius 1 is 1.34 bits per heavy atom. The Morgan fingerprint density at radius 3 is 2.72 bits per heavy atom. The standard InChI is InChI=1S/C24H23N3O5/c1-3-11-32-24(31)21-18(12-19-20(14(2)28)23(30)27(19)21)15-6-8-17(9-7-15)26-22(29)16-5-4-10-25-13-16/h3-10,13-14,19-20,28H,1,11-12H2,2H3,(H,26,29)/t14-,19-,20-/m1/s1. The highest BCUT2D eigenvalue weighted by molar-refractivity contribution is 6.07. The number of anilines is 1. The summed E-state index contributed by atoms with van der Waals surface area (Å²) in [5, 5.41) is 12.8. The van der Waals surface area contributed by atoms with Crippen LogP contribution in [0.1, 0.15) is 29.3 Å². The number of esters is 1. The number of carbonyl (C=O) groups is 3. The van der Waals surface area contributed by atoms with Crippen molar-refractivity contribution in [2.45, 2.75) is 25.5 Å². The minimum atomic E-state index is -0.807. The van der Waals surface area contributed by atoms with Gasteiger partial charge in [-0.3, -0.25) is 14.6 Å². The number of fused-ring (bicyclic) bond motifs is 1. The van der Waals surface area contributed by atoms with E-state index in [1.165, 1.54) is 17.2 Å². The molecule has 8 nitrogen and oxygen atoms in total. The van der Waals surface area contributed by atoms with Gasteiger partial charge in [-0.25, -0.2) is 4.79 Å². The minimum Gasteiger partial charge on any atom is -0.457 e. The van der Waals surface area contributed by atoms with Crippen molar-refractivity contribution >= 4 is 29.0 Å². The van der Waals surface area contributed by atoms with E-state index >= 15 is 0 Å². The van der Waals surface area contributed by atoms with Gasteiger partial charge in [0.15, 0.2) is 0 Å². The second-order valence-corrected chi connectivity index (χ2v) is 7.73.